The maximum atomic E-state index is 12.7. The summed E-state index contributed by atoms with van der Waals surface area (Å²) in [6.45, 7) is 4.72. The highest BCUT2D eigenvalue weighted by Gasteiger charge is 2.29. The van der Waals surface area contributed by atoms with Crippen LogP contribution in [0.3, 0.4) is 0 Å². The molecule has 0 unspecified atom stereocenters. The zero-order valence-corrected chi connectivity index (χ0v) is 31.0. The summed E-state index contributed by atoms with van der Waals surface area (Å²) in [4.78, 5) is 38.3. The highest BCUT2D eigenvalue weighted by molar-refractivity contribution is 5.94. The predicted octanol–water partition coefficient (Wildman–Crippen LogP) is 6.46. The van der Waals surface area contributed by atoms with Crippen LogP contribution in [0.5, 0.6) is 12.0 Å². The van der Waals surface area contributed by atoms with Gasteiger partial charge in [0.05, 0.1) is 75.9 Å². The molecule has 2 aromatic heterocycles. The van der Waals surface area contributed by atoms with E-state index in [1.807, 2.05) is 30.3 Å². The minimum atomic E-state index is -4.65. The van der Waals surface area contributed by atoms with Gasteiger partial charge in [-0.3, -0.25) is 19.1 Å². The average Bonchev–Trinajstić information content (AvgIpc) is 3.75. The summed E-state index contributed by atoms with van der Waals surface area (Å²) in [6, 6.07) is 11.6. The molecule has 20 heteroatoms. The van der Waals surface area contributed by atoms with Gasteiger partial charge < -0.3 is 28.7 Å². The van der Waals surface area contributed by atoms with Crippen molar-refractivity contribution >= 4 is 45.3 Å². The second-order valence-corrected chi connectivity index (χ2v) is 12.7. The lowest BCUT2D eigenvalue weighted by molar-refractivity contribution is -0.325. The lowest BCUT2D eigenvalue weighted by Crippen LogP contribution is -2.36. The van der Waals surface area contributed by atoms with E-state index < -0.39 is 25.9 Å². The first-order chi connectivity index (χ1) is 26.8. The number of fused-ring (bicyclic) bond motifs is 2. The number of hydrogen-bond donors (Lipinski definition) is 0. The molecule has 0 atom stereocenters. The molecule has 2 saturated heterocycles. The largest absolute Gasteiger partial charge is 0.522 e. The van der Waals surface area contributed by atoms with Crippen LogP contribution in [-0.4, -0.2) is 124 Å². The Hall–Kier alpha value is -4.66. The van der Waals surface area contributed by atoms with Gasteiger partial charge in [0, 0.05) is 50.4 Å². The first-order valence-corrected chi connectivity index (χ1v) is 18.0. The summed E-state index contributed by atoms with van der Waals surface area (Å²) < 4.78 is 103. The van der Waals surface area contributed by atoms with Crippen molar-refractivity contribution in [3.05, 3.63) is 36.4 Å². The number of hydrogen-bond acceptors (Lipinski definition) is 12. The first-order valence-electron chi connectivity index (χ1n) is 18.0. The van der Waals surface area contributed by atoms with Crippen LogP contribution in [0, 0.1) is 0 Å². The Morgan fingerprint density at radius 1 is 0.625 bits per heavy atom. The Bertz CT molecular complexity index is 1900. The average molecular weight is 803 g/mol. The van der Waals surface area contributed by atoms with Gasteiger partial charge in [0.1, 0.15) is 0 Å². The quantitative estimate of drug-likeness (QED) is 0.103. The van der Waals surface area contributed by atoms with E-state index in [0.29, 0.717) is 48.5 Å². The summed E-state index contributed by atoms with van der Waals surface area (Å²) >= 11 is 0. The molecule has 0 saturated carbocycles. The molecule has 0 bridgehead atoms. The fraction of sp³-hybridized carbons (Fsp3) is 0.556. The highest BCUT2D eigenvalue weighted by atomic mass is 19.4. The lowest BCUT2D eigenvalue weighted by Gasteiger charge is -2.28. The molecule has 2 fully saturated rings. The monoisotopic (exact) mass is 802 g/mol. The van der Waals surface area contributed by atoms with Crippen molar-refractivity contribution in [1.29, 1.82) is 0 Å². The van der Waals surface area contributed by atoms with E-state index in [4.69, 9.17) is 18.9 Å². The molecular formula is C36H44F6N6O8. The molecule has 2 aliphatic rings. The fourth-order valence-electron chi connectivity index (χ4n) is 6.24. The van der Waals surface area contributed by atoms with Crippen molar-refractivity contribution in [2.24, 2.45) is 0 Å². The number of aromatic nitrogens is 4. The molecule has 0 amide bonds. The SMILES string of the molecule is COc1nc2cc(N3CCOCC3)ccc2n1C(=O)CCCCOC(F)(F)F.COc1nc2ccc(N3CCOCC3)cc2n1C(=O)CCCCOC(F)(F)F. The van der Waals surface area contributed by atoms with Gasteiger partial charge in [-0.1, -0.05) is 0 Å². The molecule has 0 aliphatic carbocycles. The Morgan fingerprint density at radius 3 is 1.55 bits per heavy atom. The first kappa shape index (κ1) is 42.5. The zero-order valence-electron chi connectivity index (χ0n) is 31.0. The van der Waals surface area contributed by atoms with Crippen LogP contribution in [-0.2, 0) is 18.9 Å². The van der Waals surface area contributed by atoms with Crippen LogP contribution in [0.4, 0.5) is 37.7 Å². The Labute approximate surface area is 318 Å². The number of carbonyl (C=O) groups is 2. The van der Waals surface area contributed by atoms with Gasteiger partial charge in [0.25, 0.3) is 0 Å². The third-order valence-corrected chi connectivity index (χ3v) is 8.93. The molecule has 6 rings (SSSR count). The summed E-state index contributed by atoms with van der Waals surface area (Å²) in [5.74, 6) is -0.573. The predicted molar refractivity (Wildman–Crippen MR) is 192 cm³/mol. The molecule has 0 radical (unpaired) electrons. The van der Waals surface area contributed by atoms with Crippen molar-refractivity contribution < 1.29 is 64.4 Å². The summed E-state index contributed by atoms with van der Waals surface area (Å²) in [6.07, 6.45) is -8.39. The minimum absolute atomic E-state index is 0.0603. The number of alkyl halides is 6. The van der Waals surface area contributed by atoms with Gasteiger partial charge in [0.2, 0.25) is 11.8 Å². The molecule has 4 aromatic rings. The van der Waals surface area contributed by atoms with E-state index in [1.165, 1.54) is 23.4 Å². The van der Waals surface area contributed by atoms with Crippen molar-refractivity contribution in [2.45, 2.75) is 51.2 Å². The molecule has 14 nitrogen and oxygen atoms in total. The number of rotatable bonds is 14. The highest BCUT2D eigenvalue weighted by Crippen LogP contribution is 2.29. The third-order valence-electron chi connectivity index (χ3n) is 8.93. The van der Waals surface area contributed by atoms with Gasteiger partial charge in [-0.25, -0.2) is 9.13 Å². The minimum Gasteiger partial charge on any atom is -0.468 e. The number of imidazole rings is 2. The van der Waals surface area contributed by atoms with E-state index in [0.717, 1.165) is 37.6 Å². The van der Waals surface area contributed by atoms with Crippen molar-refractivity contribution in [2.75, 3.05) is 89.8 Å². The van der Waals surface area contributed by atoms with E-state index >= 15 is 0 Å². The number of methoxy groups -OCH3 is 2. The summed E-state index contributed by atoms with van der Waals surface area (Å²) in [5, 5.41) is 0. The lowest BCUT2D eigenvalue weighted by atomic mass is 10.2. The maximum Gasteiger partial charge on any atom is 0.522 e. The molecule has 0 N–H and O–H groups in total. The van der Waals surface area contributed by atoms with E-state index in [-0.39, 0.29) is 62.4 Å². The number of carbonyl (C=O) groups excluding carboxylic acids is 2. The van der Waals surface area contributed by atoms with Crippen LogP contribution in [0.1, 0.15) is 48.1 Å². The van der Waals surface area contributed by atoms with Crippen LogP contribution in [0.25, 0.3) is 22.1 Å². The maximum absolute atomic E-state index is 12.7. The van der Waals surface area contributed by atoms with Gasteiger partial charge in [-0.2, -0.15) is 9.97 Å². The number of benzene rings is 2. The number of halogens is 6. The Kier molecular flexibility index (Phi) is 14.8. The van der Waals surface area contributed by atoms with Crippen molar-refractivity contribution in [3.8, 4) is 12.0 Å². The van der Waals surface area contributed by atoms with Crippen molar-refractivity contribution in [3.63, 3.8) is 0 Å². The number of nitrogens with zero attached hydrogens (tertiary/aromatic N) is 6. The Balaban J connectivity index is 0.000000214. The van der Waals surface area contributed by atoms with Crippen molar-refractivity contribution in [1.82, 2.24) is 19.1 Å². The molecule has 4 heterocycles. The molecule has 2 aliphatic heterocycles. The topological polar surface area (TPSA) is 132 Å². The molecule has 308 valence electrons. The number of anilines is 2. The molecule has 56 heavy (non-hydrogen) atoms. The van der Waals surface area contributed by atoms with Gasteiger partial charge in [-0.15, -0.1) is 26.3 Å². The summed E-state index contributed by atoms with van der Waals surface area (Å²) in [5.41, 5.74) is 4.38. The van der Waals surface area contributed by atoms with Gasteiger partial charge in [0.15, 0.2) is 0 Å². The third kappa shape index (κ3) is 11.7. The van der Waals surface area contributed by atoms with Crippen LogP contribution >= 0.6 is 0 Å². The van der Waals surface area contributed by atoms with Crippen LogP contribution in [0.2, 0.25) is 0 Å². The number of ether oxygens (including phenoxy) is 6. The van der Waals surface area contributed by atoms with Crippen LogP contribution < -0.4 is 19.3 Å². The normalized spacial score (nSPS) is 15.2. The van der Waals surface area contributed by atoms with E-state index in [2.05, 4.69) is 29.2 Å². The fourth-order valence-corrected chi connectivity index (χ4v) is 6.24. The molecule has 0 spiro atoms. The number of unbranched alkanes of at least 4 members (excludes halogenated alkanes) is 2. The molecule has 2 aromatic carbocycles. The van der Waals surface area contributed by atoms with Gasteiger partial charge >= 0.3 is 24.7 Å². The molecular weight excluding hydrogens is 758 g/mol. The summed E-state index contributed by atoms with van der Waals surface area (Å²) in [7, 11) is 2.84. The smallest absolute Gasteiger partial charge is 0.468 e. The van der Waals surface area contributed by atoms with Gasteiger partial charge in [-0.05, 0) is 62.1 Å². The second kappa shape index (κ2) is 19.5. The second-order valence-electron chi connectivity index (χ2n) is 12.7. The standard InChI is InChI=1S/2C18H22F3N3O4/c1-26-17-22-14-12-13(23-7-10-27-11-8-23)5-6-15(14)24(17)16(25)4-2-3-9-28-18(19,20)21;1-26-17-22-14-6-5-13(23-7-10-27-11-8-23)12-15(14)24(17)16(25)4-2-3-9-28-18(19,20)21/h2*5-6,12H,2-4,7-11H2,1H3. The number of morpholine rings is 2. The van der Waals surface area contributed by atoms with E-state index in [1.54, 1.807) is 6.07 Å². The Morgan fingerprint density at radius 2 is 1.07 bits per heavy atom. The van der Waals surface area contributed by atoms with E-state index in [9.17, 15) is 35.9 Å². The van der Waals surface area contributed by atoms with Crippen LogP contribution in [0.15, 0.2) is 36.4 Å². The zero-order chi connectivity index (χ0) is 40.3.